The Kier molecular flexibility index (Phi) is 7.58. The molecule has 1 unspecified atom stereocenters. The Labute approximate surface area is 234 Å². The number of aromatic nitrogens is 4. The second-order valence-corrected chi connectivity index (χ2v) is 11.5. The molecule has 0 bridgehead atoms. The molecule has 2 N–H and O–H groups in total. The molecule has 0 saturated carbocycles. The van der Waals surface area contributed by atoms with E-state index in [1.165, 1.54) is 0 Å². The number of rotatable bonds is 7. The van der Waals surface area contributed by atoms with Gasteiger partial charge in [-0.25, -0.2) is 4.39 Å². The van der Waals surface area contributed by atoms with Crippen LogP contribution in [0.1, 0.15) is 43.4 Å². The number of piperidine rings is 1. The van der Waals surface area contributed by atoms with Crippen LogP contribution in [0, 0.1) is 0 Å². The molecular formula is C28H33F4N7O2. The van der Waals surface area contributed by atoms with Crippen molar-refractivity contribution in [3.63, 3.8) is 0 Å². The number of nitrogens with zero attached hydrogens (tertiary/aromatic N) is 5. The van der Waals surface area contributed by atoms with Crippen LogP contribution in [0.15, 0.2) is 47.2 Å². The fourth-order valence-corrected chi connectivity index (χ4v) is 5.00. The largest absolute Gasteiger partial charge is 0.406 e. The van der Waals surface area contributed by atoms with Crippen molar-refractivity contribution >= 4 is 22.5 Å². The van der Waals surface area contributed by atoms with Crippen molar-refractivity contribution in [3.8, 4) is 11.5 Å². The Morgan fingerprint density at radius 2 is 1.98 bits per heavy atom. The van der Waals surface area contributed by atoms with E-state index in [-0.39, 0.29) is 35.4 Å². The maximum Gasteiger partial charge on any atom is 0.406 e. The molecule has 4 aromatic rings. The van der Waals surface area contributed by atoms with Gasteiger partial charge in [0.05, 0.1) is 29.4 Å². The van der Waals surface area contributed by atoms with Crippen LogP contribution in [0.3, 0.4) is 0 Å². The molecule has 41 heavy (non-hydrogen) atoms. The lowest BCUT2D eigenvalue weighted by Gasteiger charge is -2.33. The van der Waals surface area contributed by atoms with Crippen LogP contribution in [0.5, 0.6) is 0 Å². The molecule has 4 heterocycles. The summed E-state index contributed by atoms with van der Waals surface area (Å²) in [6.07, 6.45) is -1.70. The molecule has 1 fully saturated rings. The summed E-state index contributed by atoms with van der Waals surface area (Å²) in [5, 5.41) is 10.3. The minimum absolute atomic E-state index is 0.0382. The van der Waals surface area contributed by atoms with Crippen LogP contribution < -0.4 is 10.6 Å². The third kappa shape index (κ3) is 6.39. The molecule has 2 atom stereocenters. The molecule has 220 valence electrons. The van der Waals surface area contributed by atoms with Crippen LogP contribution in [-0.4, -0.2) is 68.6 Å². The first kappa shape index (κ1) is 28.7. The van der Waals surface area contributed by atoms with Crippen molar-refractivity contribution in [1.82, 2.24) is 29.5 Å². The summed E-state index contributed by atoms with van der Waals surface area (Å²) in [7, 11) is 1.90. The second-order valence-electron chi connectivity index (χ2n) is 11.5. The van der Waals surface area contributed by atoms with Crippen LogP contribution in [0.2, 0.25) is 0 Å². The number of benzene rings is 1. The lowest BCUT2D eigenvalue weighted by atomic mass is 10.0. The van der Waals surface area contributed by atoms with Gasteiger partial charge in [0.2, 0.25) is 11.7 Å². The summed E-state index contributed by atoms with van der Waals surface area (Å²) in [6, 6.07) is 7.65. The van der Waals surface area contributed by atoms with Gasteiger partial charge in [0.25, 0.3) is 5.91 Å². The number of nitrogens with one attached hydrogen (secondary N) is 2. The Bertz CT molecular complexity index is 1530. The van der Waals surface area contributed by atoms with Crippen LogP contribution in [-0.2, 0) is 18.6 Å². The van der Waals surface area contributed by atoms with Gasteiger partial charge in [-0.2, -0.15) is 18.2 Å². The maximum atomic E-state index is 14.7. The van der Waals surface area contributed by atoms with E-state index in [0.717, 1.165) is 4.57 Å². The quantitative estimate of drug-likeness (QED) is 0.295. The second kappa shape index (κ2) is 10.8. The molecule has 0 radical (unpaired) electrons. The third-order valence-electron chi connectivity index (χ3n) is 7.18. The van der Waals surface area contributed by atoms with Crippen molar-refractivity contribution < 1.29 is 26.9 Å². The van der Waals surface area contributed by atoms with Crippen molar-refractivity contribution in [3.05, 3.63) is 54.2 Å². The average molecular weight is 576 g/mol. The zero-order valence-electron chi connectivity index (χ0n) is 23.3. The topological polar surface area (TPSA) is 93.2 Å². The van der Waals surface area contributed by atoms with E-state index in [1.54, 1.807) is 36.5 Å². The fraction of sp³-hybridized carbons (Fsp3) is 0.464. The number of carbonyl (C=O) groups excluding carboxylic acids is 1. The highest BCUT2D eigenvalue weighted by Gasteiger charge is 2.32. The van der Waals surface area contributed by atoms with Gasteiger partial charge in [-0.05, 0) is 58.5 Å². The van der Waals surface area contributed by atoms with E-state index in [4.69, 9.17) is 4.52 Å². The van der Waals surface area contributed by atoms with Crippen molar-refractivity contribution in [2.75, 3.05) is 25.5 Å². The summed E-state index contributed by atoms with van der Waals surface area (Å²) >= 11 is 0. The van der Waals surface area contributed by atoms with Gasteiger partial charge < -0.3 is 29.2 Å². The minimum Gasteiger partial charge on any atom is -0.378 e. The summed E-state index contributed by atoms with van der Waals surface area (Å²) < 4.78 is 63.9. The number of hydrogen-bond acceptors (Lipinski definition) is 6. The minimum atomic E-state index is -4.52. The zero-order chi connectivity index (χ0) is 29.5. The molecule has 1 amide bonds. The summed E-state index contributed by atoms with van der Waals surface area (Å²) in [5.41, 5.74) is 1.16. The van der Waals surface area contributed by atoms with Gasteiger partial charge in [-0.3, -0.25) is 4.79 Å². The Balaban J connectivity index is 1.40. The van der Waals surface area contributed by atoms with Crippen LogP contribution >= 0.6 is 0 Å². The lowest BCUT2D eigenvalue weighted by molar-refractivity contribution is -0.139. The number of hydrogen-bond donors (Lipinski definition) is 2. The van der Waals surface area contributed by atoms with Gasteiger partial charge in [0.15, 0.2) is 0 Å². The molecule has 1 aromatic carbocycles. The maximum absolute atomic E-state index is 14.7. The number of anilines is 1. The molecule has 0 spiro atoms. The molecule has 5 rings (SSSR count). The molecular weight excluding hydrogens is 542 g/mol. The summed E-state index contributed by atoms with van der Waals surface area (Å²) in [4.78, 5) is 18.9. The standard InChI is InChI=1S/C28H33F4N7O2/c1-27(2,3)38-11-8-17(14-38)26(40)33-13-24-35-25(36-41-24)23-12-18-20(34-21-15-37(4)10-9-19(21)29)6-5-7-22(18)39(23)16-28(30,31)32/h5-8,11-12,14,19,21,34H,9-10,13,15-16H2,1-4H3,(H,33,40)/t19-,21?/m1/s1. The van der Waals surface area contributed by atoms with Gasteiger partial charge in [0.1, 0.15) is 12.7 Å². The van der Waals surface area contributed by atoms with E-state index >= 15 is 0 Å². The number of carbonyl (C=O) groups is 1. The van der Waals surface area contributed by atoms with E-state index in [9.17, 15) is 22.4 Å². The average Bonchev–Trinajstić information content (AvgIpc) is 3.63. The number of likely N-dealkylation sites (tertiary alicyclic amines) is 1. The molecule has 13 heteroatoms. The Morgan fingerprint density at radius 3 is 2.68 bits per heavy atom. The van der Waals surface area contributed by atoms with Crippen LogP contribution in [0.25, 0.3) is 22.4 Å². The van der Waals surface area contributed by atoms with E-state index < -0.39 is 24.9 Å². The molecule has 1 aliphatic heterocycles. The summed E-state index contributed by atoms with van der Waals surface area (Å²) in [5.74, 6) is -0.370. The van der Waals surface area contributed by atoms with E-state index in [2.05, 4.69) is 20.8 Å². The van der Waals surface area contributed by atoms with Gasteiger partial charge >= 0.3 is 6.18 Å². The number of halogens is 4. The molecule has 1 aliphatic rings. The highest BCUT2D eigenvalue weighted by Crippen LogP contribution is 2.35. The van der Waals surface area contributed by atoms with E-state index in [1.807, 2.05) is 43.5 Å². The molecule has 0 aliphatic carbocycles. The van der Waals surface area contributed by atoms with Gasteiger partial charge in [-0.15, -0.1) is 0 Å². The fourth-order valence-electron chi connectivity index (χ4n) is 5.00. The smallest absolute Gasteiger partial charge is 0.378 e. The normalized spacial score (nSPS) is 18.6. The van der Waals surface area contributed by atoms with E-state index in [0.29, 0.717) is 41.7 Å². The van der Waals surface area contributed by atoms with Crippen molar-refractivity contribution in [2.45, 2.75) is 64.2 Å². The first-order valence-electron chi connectivity index (χ1n) is 13.4. The first-order valence-corrected chi connectivity index (χ1v) is 13.4. The predicted molar refractivity (Wildman–Crippen MR) is 146 cm³/mol. The molecule has 3 aromatic heterocycles. The Hall–Kier alpha value is -3.87. The number of fused-ring (bicyclic) bond motifs is 1. The van der Waals surface area contributed by atoms with Crippen molar-refractivity contribution in [2.24, 2.45) is 0 Å². The number of likely N-dealkylation sites (N-methyl/N-ethyl adjacent to an activating group) is 1. The molecule has 1 saturated heterocycles. The zero-order valence-corrected chi connectivity index (χ0v) is 23.3. The van der Waals surface area contributed by atoms with Crippen LogP contribution in [0.4, 0.5) is 23.2 Å². The van der Waals surface area contributed by atoms with Gasteiger partial charge in [-0.1, -0.05) is 11.2 Å². The first-order chi connectivity index (χ1) is 19.3. The summed E-state index contributed by atoms with van der Waals surface area (Å²) in [6.45, 7) is 5.76. The SMILES string of the molecule is CN1CC[C@@H](F)C(Nc2cccc3c2cc(-c2noc(CNC(=O)c4ccn(C(C)(C)C)c4)n2)n3CC(F)(F)F)C1. The molecule has 9 nitrogen and oxygen atoms in total. The monoisotopic (exact) mass is 575 g/mol. The van der Waals surface area contributed by atoms with Crippen molar-refractivity contribution in [1.29, 1.82) is 0 Å². The lowest BCUT2D eigenvalue weighted by Crippen LogP contribution is -2.47. The third-order valence-corrected chi connectivity index (χ3v) is 7.18. The highest BCUT2D eigenvalue weighted by atomic mass is 19.4. The highest BCUT2D eigenvalue weighted by molar-refractivity contribution is 5.96. The number of amides is 1. The predicted octanol–water partition coefficient (Wildman–Crippen LogP) is 5.19. The number of alkyl halides is 4. The van der Waals surface area contributed by atoms with Gasteiger partial charge in [0, 0.05) is 42.1 Å². The Morgan fingerprint density at radius 1 is 1.20 bits per heavy atom.